The van der Waals surface area contributed by atoms with Crippen LogP contribution in [0.25, 0.3) is 0 Å². The second kappa shape index (κ2) is 4.45. The zero-order valence-electron chi connectivity index (χ0n) is 6.79. The zero-order valence-corrected chi connectivity index (χ0v) is 7.60. The first kappa shape index (κ1) is 8.66. The summed E-state index contributed by atoms with van der Waals surface area (Å²) >= 11 is 4.97. The van der Waals surface area contributed by atoms with E-state index in [-0.39, 0.29) is 0 Å². The molecule has 1 rings (SSSR count). The Hall–Kier alpha value is -0.430. The third-order valence-corrected chi connectivity index (χ3v) is 2.28. The van der Waals surface area contributed by atoms with Crippen molar-refractivity contribution in [3.8, 4) is 0 Å². The van der Waals surface area contributed by atoms with Crippen molar-refractivity contribution in [2.45, 2.75) is 13.3 Å². The highest BCUT2D eigenvalue weighted by Crippen LogP contribution is 2.08. The van der Waals surface area contributed by atoms with E-state index >= 15 is 0 Å². The Balaban J connectivity index is 2.51. The average molecular weight is 165 g/mol. The van der Waals surface area contributed by atoms with Crippen LogP contribution in [-0.2, 0) is 6.42 Å². The van der Waals surface area contributed by atoms with E-state index < -0.39 is 0 Å². The van der Waals surface area contributed by atoms with E-state index in [0.29, 0.717) is 5.92 Å². The van der Waals surface area contributed by atoms with Gasteiger partial charge < -0.3 is 0 Å². The maximum atomic E-state index is 4.97. The van der Waals surface area contributed by atoms with Gasteiger partial charge in [-0.15, -0.1) is 0 Å². The van der Waals surface area contributed by atoms with Crippen molar-refractivity contribution in [3.63, 3.8) is 0 Å². The van der Waals surface area contributed by atoms with Crippen LogP contribution in [0.3, 0.4) is 0 Å². The van der Waals surface area contributed by atoms with E-state index in [1.54, 1.807) is 0 Å². The molecular formula is C10H13S. The quantitative estimate of drug-likeness (QED) is 0.645. The molecule has 1 aromatic carbocycles. The number of rotatable bonds is 3. The Morgan fingerprint density at radius 2 is 1.91 bits per heavy atom. The first-order valence-corrected chi connectivity index (χ1v) is 4.52. The standard InChI is InChI=1S/C10H13S/c1-9(8-11)7-10-5-3-2-4-6-10/h2-6,9H,7-8H2,1H3. The van der Waals surface area contributed by atoms with Crippen molar-refractivity contribution in [1.82, 2.24) is 0 Å². The topological polar surface area (TPSA) is 0 Å². The lowest BCUT2D eigenvalue weighted by molar-refractivity contribution is 0.660. The number of benzene rings is 1. The molecule has 1 heteroatoms. The van der Waals surface area contributed by atoms with Gasteiger partial charge in [0.1, 0.15) is 0 Å². The molecular weight excluding hydrogens is 152 g/mol. The normalized spacial score (nSPS) is 12.9. The molecule has 0 spiro atoms. The van der Waals surface area contributed by atoms with Gasteiger partial charge in [-0.25, -0.2) is 0 Å². The van der Waals surface area contributed by atoms with Crippen molar-refractivity contribution >= 4 is 12.6 Å². The lowest BCUT2D eigenvalue weighted by atomic mass is 10.0. The molecule has 0 fully saturated rings. The highest BCUT2D eigenvalue weighted by molar-refractivity contribution is 7.80. The van der Waals surface area contributed by atoms with Crippen LogP contribution in [0.15, 0.2) is 30.3 Å². The molecule has 1 unspecified atom stereocenters. The molecule has 0 saturated heterocycles. The Morgan fingerprint density at radius 3 is 2.45 bits per heavy atom. The van der Waals surface area contributed by atoms with E-state index in [4.69, 9.17) is 12.6 Å². The second-order valence-electron chi connectivity index (χ2n) is 2.96. The van der Waals surface area contributed by atoms with Gasteiger partial charge in [-0.1, -0.05) is 49.9 Å². The molecule has 0 N–H and O–H groups in total. The highest BCUT2D eigenvalue weighted by Gasteiger charge is 1.99. The van der Waals surface area contributed by atoms with E-state index in [2.05, 4.69) is 31.2 Å². The molecule has 0 nitrogen and oxygen atoms in total. The molecule has 1 radical (unpaired) electrons. The van der Waals surface area contributed by atoms with Gasteiger partial charge in [0.25, 0.3) is 0 Å². The van der Waals surface area contributed by atoms with E-state index in [1.165, 1.54) is 5.56 Å². The van der Waals surface area contributed by atoms with Gasteiger partial charge in [-0.3, -0.25) is 0 Å². The summed E-state index contributed by atoms with van der Waals surface area (Å²) in [5, 5.41) is 0. The molecule has 0 heterocycles. The minimum atomic E-state index is 0.632. The first-order valence-electron chi connectivity index (χ1n) is 3.95. The molecule has 0 bridgehead atoms. The lowest BCUT2D eigenvalue weighted by Crippen LogP contribution is -2.00. The Morgan fingerprint density at radius 1 is 1.27 bits per heavy atom. The number of hydrogen-bond acceptors (Lipinski definition) is 0. The maximum absolute atomic E-state index is 4.97. The number of hydrogen-bond donors (Lipinski definition) is 0. The fourth-order valence-corrected chi connectivity index (χ4v) is 1.19. The predicted octanol–water partition coefficient (Wildman–Crippen LogP) is 3.06. The molecule has 0 amide bonds. The predicted molar refractivity (Wildman–Crippen MR) is 51.8 cm³/mol. The van der Waals surface area contributed by atoms with Crippen molar-refractivity contribution in [1.29, 1.82) is 0 Å². The largest absolute Gasteiger partial charge is 0.0939 e. The molecule has 11 heavy (non-hydrogen) atoms. The summed E-state index contributed by atoms with van der Waals surface area (Å²) < 4.78 is 0. The van der Waals surface area contributed by atoms with Crippen molar-refractivity contribution in [3.05, 3.63) is 35.9 Å². The SMILES string of the molecule is CC(C[S])Cc1ccccc1. The molecule has 1 atom stereocenters. The van der Waals surface area contributed by atoms with Gasteiger partial charge in [0.15, 0.2) is 0 Å². The van der Waals surface area contributed by atoms with E-state index in [9.17, 15) is 0 Å². The smallest absolute Gasteiger partial charge is 0.00658 e. The zero-order chi connectivity index (χ0) is 8.10. The van der Waals surface area contributed by atoms with Gasteiger partial charge in [0.05, 0.1) is 0 Å². The average Bonchev–Trinajstić information content (AvgIpc) is 2.06. The van der Waals surface area contributed by atoms with Gasteiger partial charge in [0.2, 0.25) is 0 Å². The summed E-state index contributed by atoms with van der Waals surface area (Å²) in [5.41, 5.74) is 1.39. The molecule has 0 aromatic heterocycles. The third kappa shape index (κ3) is 2.98. The summed E-state index contributed by atoms with van der Waals surface area (Å²) in [6, 6.07) is 10.5. The van der Waals surface area contributed by atoms with Crippen LogP contribution in [-0.4, -0.2) is 5.75 Å². The van der Waals surface area contributed by atoms with Crippen LogP contribution in [0.4, 0.5) is 0 Å². The van der Waals surface area contributed by atoms with Gasteiger partial charge >= 0.3 is 0 Å². The minimum Gasteiger partial charge on any atom is -0.0939 e. The summed E-state index contributed by atoms with van der Waals surface area (Å²) in [5.74, 6) is 1.49. The lowest BCUT2D eigenvalue weighted by Gasteiger charge is -2.05. The summed E-state index contributed by atoms with van der Waals surface area (Å²) in [7, 11) is 0. The van der Waals surface area contributed by atoms with Crippen LogP contribution in [0.1, 0.15) is 12.5 Å². The highest BCUT2D eigenvalue weighted by atomic mass is 32.1. The minimum absolute atomic E-state index is 0.632. The van der Waals surface area contributed by atoms with Gasteiger partial charge in [-0.2, -0.15) is 0 Å². The Bertz CT molecular complexity index is 193. The molecule has 0 saturated carbocycles. The second-order valence-corrected chi connectivity index (χ2v) is 3.29. The Labute approximate surface area is 74.0 Å². The summed E-state index contributed by atoms with van der Waals surface area (Å²) in [4.78, 5) is 0. The van der Waals surface area contributed by atoms with E-state index in [0.717, 1.165) is 12.2 Å². The van der Waals surface area contributed by atoms with Crippen LogP contribution in [0.2, 0.25) is 0 Å². The fourth-order valence-electron chi connectivity index (χ4n) is 1.08. The third-order valence-electron chi connectivity index (χ3n) is 1.71. The Kier molecular flexibility index (Phi) is 3.50. The van der Waals surface area contributed by atoms with Crippen molar-refractivity contribution in [2.75, 3.05) is 5.75 Å². The van der Waals surface area contributed by atoms with Crippen LogP contribution in [0, 0.1) is 5.92 Å². The van der Waals surface area contributed by atoms with Crippen LogP contribution < -0.4 is 0 Å². The fraction of sp³-hybridized carbons (Fsp3) is 0.400. The maximum Gasteiger partial charge on any atom is 0.00658 e. The van der Waals surface area contributed by atoms with Crippen LogP contribution >= 0.6 is 12.6 Å². The summed E-state index contributed by atoms with van der Waals surface area (Å²) in [6.45, 7) is 2.19. The van der Waals surface area contributed by atoms with Gasteiger partial charge in [-0.05, 0) is 17.9 Å². The molecule has 1 aromatic rings. The van der Waals surface area contributed by atoms with Crippen molar-refractivity contribution < 1.29 is 0 Å². The van der Waals surface area contributed by atoms with Gasteiger partial charge in [0, 0.05) is 5.75 Å². The monoisotopic (exact) mass is 165 g/mol. The van der Waals surface area contributed by atoms with Crippen molar-refractivity contribution in [2.24, 2.45) is 5.92 Å². The molecule has 0 aliphatic heterocycles. The summed E-state index contributed by atoms with van der Waals surface area (Å²) in [6.07, 6.45) is 1.12. The first-order chi connectivity index (χ1) is 5.33. The van der Waals surface area contributed by atoms with Crippen LogP contribution in [0.5, 0.6) is 0 Å². The molecule has 0 aliphatic carbocycles. The molecule has 59 valence electrons. The molecule has 0 aliphatic rings. The van der Waals surface area contributed by atoms with E-state index in [1.807, 2.05) is 6.07 Å².